The summed E-state index contributed by atoms with van der Waals surface area (Å²) in [6.45, 7) is 75.5. The number of hydrogen-bond donors (Lipinski definition) is 0. The average molecular weight is 2040 g/mol. The number of aryl methyl sites for hydroxylation is 3. The summed E-state index contributed by atoms with van der Waals surface area (Å²) in [5.41, 5.74) is 24.7. The van der Waals surface area contributed by atoms with Crippen molar-refractivity contribution in [3.63, 3.8) is 0 Å². The zero-order chi connectivity index (χ0) is 110. The van der Waals surface area contributed by atoms with Gasteiger partial charge in [-0.3, -0.25) is 4.79 Å². The van der Waals surface area contributed by atoms with Gasteiger partial charge in [-0.25, -0.2) is 12.8 Å². The van der Waals surface area contributed by atoms with E-state index in [1.807, 2.05) is 91.0 Å². The van der Waals surface area contributed by atoms with Crippen molar-refractivity contribution in [2.45, 2.75) is 315 Å². The van der Waals surface area contributed by atoms with Crippen molar-refractivity contribution < 1.29 is 22.3 Å². The molecule has 0 heterocycles. The lowest BCUT2D eigenvalue weighted by Crippen LogP contribution is -2.19. The number of sulfone groups is 1. The van der Waals surface area contributed by atoms with E-state index in [-0.39, 0.29) is 39.0 Å². The first-order valence-corrected chi connectivity index (χ1v) is 55.2. The molecular formula is C139H183Cl2FO4S. The minimum absolute atomic E-state index is 0.0588. The number of halogens is 3. The number of hydrogen-bond acceptors (Lipinski definition) is 4. The van der Waals surface area contributed by atoms with Crippen LogP contribution in [0.25, 0.3) is 10.8 Å². The summed E-state index contributed by atoms with van der Waals surface area (Å²) in [6, 6.07) is 116. The minimum Gasteiger partial charge on any atom is -0.496 e. The monoisotopic (exact) mass is 2040 g/mol. The Labute approximate surface area is 903 Å². The number of carbonyl (C=O) groups excluding carboxylic acids is 1. The van der Waals surface area contributed by atoms with Gasteiger partial charge in [-0.2, -0.15) is 0 Å². The molecule has 0 unspecified atom stereocenters. The normalized spacial score (nSPS) is 11.7. The van der Waals surface area contributed by atoms with Crippen LogP contribution in [0.1, 0.15) is 325 Å². The third-order valence-corrected chi connectivity index (χ3v) is 26.0. The summed E-state index contributed by atoms with van der Waals surface area (Å²) in [7, 11) is -1.55. The van der Waals surface area contributed by atoms with Crippen LogP contribution in [0.4, 0.5) is 4.39 Å². The molecule has 0 atom stereocenters. The highest BCUT2D eigenvalue weighted by Gasteiger charge is 2.29. The minimum atomic E-state index is -3.29. The Morgan fingerprint density at radius 3 is 1.12 bits per heavy atom. The van der Waals surface area contributed by atoms with E-state index in [1.54, 1.807) is 43.5 Å². The Balaban J connectivity index is 0.000000289. The van der Waals surface area contributed by atoms with Crippen molar-refractivity contribution in [2.75, 3.05) is 7.11 Å². The Bertz CT molecular complexity index is 6210. The summed E-state index contributed by atoms with van der Waals surface area (Å²) in [4.78, 5) is 12.6. The van der Waals surface area contributed by atoms with Crippen LogP contribution in [0, 0.1) is 75.3 Å². The molecule has 790 valence electrons. The predicted molar refractivity (Wildman–Crippen MR) is 641 cm³/mol. The molecule has 147 heavy (non-hydrogen) atoms. The van der Waals surface area contributed by atoms with Crippen molar-refractivity contribution in [3.8, 4) is 5.75 Å². The summed E-state index contributed by atoms with van der Waals surface area (Å²) in [5, 5.41) is 4.10. The van der Waals surface area contributed by atoms with Gasteiger partial charge in [0.25, 0.3) is 0 Å². The van der Waals surface area contributed by atoms with Crippen LogP contribution in [0.2, 0.25) is 10.0 Å². The third-order valence-electron chi connectivity index (χ3n) is 23.7. The molecule has 4 nitrogen and oxygen atoms in total. The lowest BCUT2D eigenvalue weighted by molar-refractivity contribution is 0.103. The largest absolute Gasteiger partial charge is 0.496 e. The third kappa shape index (κ3) is 52.3. The SMILES string of the molecule is CC(C)(C)C(c1ccccc1)c1ccccc1.CC(C)(C)Cc1c(F)cccc1Cl.CC(C)(C)Cc1ccc(C(=O)c2ccccc2)cc1.CC(C)(C)Cc1cccc(Cl)c1.CC(C)(C)Cc1cccc2ccccc12.CC(C)(C)Cc1ccccc1CS(=O)(=O)c1ccccc1.CC(C)(C)c1ccccc1.CCc1ccc(CC(C)(C)C)cc1.COc1cc(CC(C)(C)C)cc(C)c1C.Cc1ccc(CC(C)(C)C)cc1. The molecule has 0 aliphatic rings. The predicted octanol–water partition coefficient (Wildman–Crippen LogP) is 40.4. The Kier molecular flexibility index (Phi) is 50.4. The standard InChI is InChI=1S/C18H22O2S.C18H20O.C17H20.C15H18.C14H22O.C13H20.C12H18.C11H14ClF.C11H15Cl.C10H14/c1-18(2,3)13-15-9-7-8-10-16(15)14-21(19,20)17-11-5-4-6-12-17;1-18(2,3)13-14-9-11-16(12-10-14)17(19)15-7-5-4-6-8-15;1-17(2,3)16(14-10-6-4-7-11-14)15-12-8-5-9-13-15;1-15(2,3)11-13-9-6-8-12-7-4-5-10-14(12)13;1-10-7-12(9-14(3,4)5)8-13(15-6)11(10)2;1-5-11-6-8-12(9-7-11)10-13(2,3)4;1-10-5-7-11(8-6-10)9-12(2,3)4;1-11(2,3)7-8-9(12)5-4-6-10(8)13;1-11(2,3)8-9-5-4-6-10(12)7-9;1-10(2,3)9-7-5-4-6-8-9/h4-12H,13-14H2,1-3H3;4-12H,13H2,1-3H3;4-13,16H,1-3H3;4-10H,11H2,1-3H3;7-8H,9H2,1-6H3;6-9H,5,10H2,1-4H3;5-8H,9H2,1-4H3;4-6H,7H2,1-3H3;4-7H,8H2,1-3H3;4-8H,1-3H3. The number of methoxy groups -OCH3 is 1. The van der Waals surface area contributed by atoms with Crippen LogP contribution in [0.3, 0.4) is 0 Å². The zero-order valence-electron chi connectivity index (χ0n) is 96.7. The van der Waals surface area contributed by atoms with E-state index in [1.165, 1.54) is 89.2 Å². The molecule has 0 aliphatic heterocycles. The molecule has 8 heteroatoms. The van der Waals surface area contributed by atoms with Gasteiger partial charge in [-0.15, -0.1) is 0 Å². The summed E-state index contributed by atoms with van der Waals surface area (Å²) >= 11 is 11.8. The molecule has 0 saturated carbocycles. The van der Waals surface area contributed by atoms with Crippen LogP contribution >= 0.6 is 23.2 Å². The fourth-order valence-corrected chi connectivity index (χ4v) is 19.0. The second kappa shape index (κ2) is 58.4. The molecule has 0 fully saturated rings. The molecule has 0 N–H and O–H groups in total. The first-order chi connectivity index (χ1) is 68.2. The number of carbonyl (C=O) groups is 1. The number of rotatable bonds is 17. The fourth-order valence-electron chi connectivity index (χ4n) is 17.1. The van der Waals surface area contributed by atoms with Crippen molar-refractivity contribution in [3.05, 3.63) is 462 Å². The quantitative estimate of drug-likeness (QED) is 0.0853. The van der Waals surface area contributed by atoms with Gasteiger partial charge in [-0.05, 0) is 264 Å². The van der Waals surface area contributed by atoms with Gasteiger partial charge >= 0.3 is 0 Å². The molecule has 0 saturated heterocycles. The van der Waals surface area contributed by atoms with E-state index in [4.69, 9.17) is 27.9 Å². The number of ketones is 1. The Hall–Kier alpha value is -10.7. The van der Waals surface area contributed by atoms with Crippen molar-refractivity contribution >= 4 is 49.6 Å². The number of ether oxygens (including phenoxy) is 1. The number of fused-ring (bicyclic) bond motifs is 1. The summed E-state index contributed by atoms with van der Waals surface area (Å²) in [6.07, 6.45) is 9.31. The first-order valence-electron chi connectivity index (χ1n) is 52.8. The smallest absolute Gasteiger partial charge is 0.193 e. The van der Waals surface area contributed by atoms with E-state index >= 15 is 0 Å². The van der Waals surface area contributed by atoms with E-state index in [0.29, 0.717) is 60.3 Å². The lowest BCUT2D eigenvalue weighted by atomic mass is 9.73. The molecule has 0 aliphatic carbocycles. The van der Waals surface area contributed by atoms with Gasteiger partial charge in [0.1, 0.15) is 11.6 Å². The highest BCUT2D eigenvalue weighted by Crippen LogP contribution is 2.41. The van der Waals surface area contributed by atoms with Crippen molar-refractivity contribution in [1.29, 1.82) is 0 Å². The summed E-state index contributed by atoms with van der Waals surface area (Å²) < 4.78 is 43.7. The van der Waals surface area contributed by atoms with E-state index in [0.717, 1.165) is 84.4 Å². The first kappa shape index (κ1) is 127. The van der Waals surface area contributed by atoms with Gasteiger partial charge in [0.2, 0.25) is 0 Å². The second-order valence-corrected chi connectivity index (χ2v) is 54.1. The second-order valence-electron chi connectivity index (χ2n) is 51.2. The Morgan fingerprint density at radius 2 is 0.694 bits per heavy atom. The molecule has 0 bridgehead atoms. The van der Waals surface area contributed by atoms with Gasteiger partial charge < -0.3 is 4.74 Å². The van der Waals surface area contributed by atoms with Gasteiger partial charge in [0.15, 0.2) is 15.6 Å². The number of benzene rings is 14. The fraction of sp³-hybridized carbons (Fsp3) is 0.403. The molecule has 0 spiro atoms. The van der Waals surface area contributed by atoms with E-state index in [2.05, 4.69) is 448 Å². The lowest BCUT2D eigenvalue weighted by Gasteiger charge is -2.31. The van der Waals surface area contributed by atoms with Crippen molar-refractivity contribution in [2.24, 2.45) is 48.7 Å². The van der Waals surface area contributed by atoms with Crippen LogP contribution in [-0.2, 0) is 78.8 Å². The summed E-state index contributed by atoms with van der Waals surface area (Å²) in [5.74, 6) is 1.40. The van der Waals surface area contributed by atoms with Gasteiger partial charge in [-0.1, -0.05) is 547 Å². The van der Waals surface area contributed by atoms with E-state index < -0.39 is 9.84 Å². The zero-order valence-corrected chi connectivity index (χ0v) is 99.1. The molecule has 0 aromatic heterocycles. The topological polar surface area (TPSA) is 60.4 Å². The molecule has 14 aromatic carbocycles. The molecule has 14 aromatic rings. The maximum atomic E-state index is 13.3. The van der Waals surface area contributed by atoms with Crippen LogP contribution in [0.15, 0.2) is 351 Å². The van der Waals surface area contributed by atoms with Crippen LogP contribution < -0.4 is 4.74 Å². The van der Waals surface area contributed by atoms with Gasteiger partial charge in [0.05, 0.1) is 17.8 Å². The van der Waals surface area contributed by atoms with Crippen LogP contribution in [-0.4, -0.2) is 21.3 Å². The molecule has 0 radical (unpaired) electrons. The molecule has 0 amide bonds. The molecule has 14 rings (SSSR count). The van der Waals surface area contributed by atoms with Crippen LogP contribution in [0.5, 0.6) is 5.75 Å². The maximum absolute atomic E-state index is 13.3. The average Bonchev–Trinajstić information content (AvgIpc) is 0.816. The van der Waals surface area contributed by atoms with Crippen molar-refractivity contribution in [1.82, 2.24) is 0 Å². The Morgan fingerprint density at radius 1 is 0.333 bits per heavy atom. The highest BCUT2D eigenvalue weighted by molar-refractivity contribution is 7.90. The van der Waals surface area contributed by atoms with E-state index in [9.17, 15) is 17.6 Å². The maximum Gasteiger partial charge on any atom is 0.193 e. The highest BCUT2D eigenvalue weighted by atomic mass is 35.5. The van der Waals surface area contributed by atoms with Gasteiger partial charge in [0, 0.05) is 32.7 Å². The molecular weight excluding hydrogens is 1860 g/mol.